The van der Waals surface area contributed by atoms with Gasteiger partial charge in [0.25, 0.3) is 0 Å². The van der Waals surface area contributed by atoms with Gasteiger partial charge in [0.05, 0.1) is 5.01 Å². The Morgan fingerprint density at radius 1 is 1.54 bits per heavy atom. The molecular weight excluding hydrogens is 180 g/mol. The minimum absolute atomic E-state index is 0.575. The highest BCUT2D eigenvalue weighted by Gasteiger charge is 2.10. The van der Waals surface area contributed by atoms with Gasteiger partial charge in [-0.15, -0.1) is 11.3 Å². The lowest BCUT2D eigenvalue weighted by atomic mass is 10.0. The van der Waals surface area contributed by atoms with E-state index in [9.17, 15) is 0 Å². The van der Waals surface area contributed by atoms with Gasteiger partial charge in [-0.1, -0.05) is 13.8 Å². The van der Waals surface area contributed by atoms with Gasteiger partial charge >= 0.3 is 0 Å². The van der Waals surface area contributed by atoms with Crippen LogP contribution >= 0.6 is 11.3 Å². The van der Waals surface area contributed by atoms with Crippen LogP contribution < -0.4 is 5.32 Å². The largest absolute Gasteiger partial charge is 0.317 e. The zero-order valence-corrected chi connectivity index (χ0v) is 9.40. The molecule has 3 heteroatoms. The number of hydrogen-bond donors (Lipinski definition) is 1. The SMILES string of the molecule is CNC(Cc1nccs1)CC(C)C. The highest BCUT2D eigenvalue weighted by atomic mass is 32.1. The Morgan fingerprint density at radius 3 is 2.77 bits per heavy atom. The van der Waals surface area contributed by atoms with Crippen molar-refractivity contribution in [3.8, 4) is 0 Å². The van der Waals surface area contributed by atoms with E-state index in [-0.39, 0.29) is 0 Å². The van der Waals surface area contributed by atoms with Crippen molar-refractivity contribution in [2.45, 2.75) is 32.7 Å². The zero-order valence-electron chi connectivity index (χ0n) is 8.58. The molecule has 2 nitrogen and oxygen atoms in total. The van der Waals surface area contributed by atoms with Gasteiger partial charge in [-0.05, 0) is 19.4 Å². The fraction of sp³-hybridized carbons (Fsp3) is 0.700. The van der Waals surface area contributed by atoms with Crippen molar-refractivity contribution in [3.05, 3.63) is 16.6 Å². The van der Waals surface area contributed by atoms with E-state index in [2.05, 4.69) is 24.1 Å². The van der Waals surface area contributed by atoms with E-state index in [1.807, 2.05) is 18.6 Å². The first-order chi connectivity index (χ1) is 6.22. The average Bonchev–Trinajstić information content (AvgIpc) is 2.55. The molecule has 0 amide bonds. The molecule has 0 aromatic carbocycles. The minimum atomic E-state index is 0.575. The van der Waals surface area contributed by atoms with Gasteiger partial charge in [-0.25, -0.2) is 4.98 Å². The summed E-state index contributed by atoms with van der Waals surface area (Å²) < 4.78 is 0. The van der Waals surface area contributed by atoms with Crippen LogP contribution in [0.5, 0.6) is 0 Å². The minimum Gasteiger partial charge on any atom is -0.317 e. The second kappa shape index (κ2) is 5.35. The number of likely N-dealkylation sites (N-methyl/N-ethyl adjacent to an activating group) is 1. The molecular formula is C10H18N2S. The average molecular weight is 198 g/mol. The van der Waals surface area contributed by atoms with Crippen LogP contribution in [0.4, 0.5) is 0 Å². The van der Waals surface area contributed by atoms with E-state index in [1.165, 1.54) is 11.4 Å². The predicted octanol–water partition coefficient (Wildman–Crippen LogP) is 2.32. The highest BCUT2D eigenvalue weighted by Crippen LogP contribution is 2.12. The maximum atomic E-state index is 4.29. The van der Waals surface area contributed by atoms with Crippen LogP contribution in [0.1, 0.15) is 25.3 Å². The lowest BCUT2D eigenvalue weighted by molar-refractivity contribution is 0.440. The van der Waals surface area contributed by atoms with E-state index in [1.54, 1.807) is 11.3 Å². The maximum Gasteiger partial charge on any atom is 0.0940 e. The van der Waals surface area contributed by atoms with Crippen molar-refractivity contribution >= 4 is 11.3 Å². The summed E-state index contributed by atoms with van der Waals surface area (Å²) in [7, 11) is 2.03. The molecule has 1 rings (SSSR count). The molecule has 74 valence electrons. The molecule has 0 spiro atoms. The second-order valence-electron chi connectivity index (χ2n) is 3.75. The zero-order chi connectivity index (χ0) is 9.68. The molecule has 1 aromatic rings. The Hall–Kier alpha value is -0.410. The third kappa shape index (κ3) is 3.87. The Labute approximate surface area is 84.4 Å². The number of nitrogens with zero attached hydrogens (tertiary/aromatic N) is 1. The first-order valence-electron chi connectivity index (χ1n) is 4.78. The van der Waals surface area contributed by atoms with Gasteiger partial charge in [0.15, 0.2) is 0 Å². The molecule has 0 aliphatic heterocycles. The summed E-state index contributed by atoms with van der Waals surface area (Å²) in [6.45, 7) is 4.51. The Balaban J connectivity index is 2.40. The van der Waals surface area contributed by atoms with Gasteiger partial charge in [0.2, 0.25) is 0 Å². The number of rotatable bonds is 5. The molecule has 1 unspecified atom stereocenters. The van der Waals surface area contributed by atoms with Gasteiger partial charge in [0.1, 0.15) is 0 Å². The van der Waals surface area contributed by atoms with Crippen LogP contribution in [-0.4, -0.2) is 18.1 Å². The molecule has 0 fully saturated rings. The maximum absolute atomic E-state index is 4.29. The van der Waals surface area contributed by atoms with Crippen molar-refractivity contribution < 1.29 is 0 Å². The first kappa shape index (κ1) is 10.7. The Bertz CT molecular complexity index is 219. The van der Waals surface area contributed by atoms with Gasteiger partial charge in [0, 0.05) is 24.0 Å². The van der Waals surface area contributed by atoms with Crippen molar-refractivity contribution in [1.29, 1.82) is 0 Å². The van der Waals surface area contributed by atoms with Crippen molar-refractivity contribution in [2.75, 3.05) is 7.05 Å². The molecule has 1 atom stereocenters. The van der Waals surface area contributed by atoms with Crippen LogP contribution in [0, 0.1) is 5.92 Å². The Morgan fingerprint density at radius 2 is 2.31 bits per heavy atom. The van der Waals surface area contributed by atoms with Crippen LogP contribution in [0.15, 0.2) is 11.6 Å². The molecule has 1 heterocycles. The number of aromatic nitrogens is 1. The van der Waals surface area contributed by atoms with E-state index >= 15 is 0 Å². The van der Waals surface area contributed by atoms with E-state index in [0.29, 0.717) is 6.04 Å². The van der Waals surface area contributed by atoms with Crippen LogP contribution in [0.2, 0.25) is 0 Å². The van der Waals surface area contributed by atoms with E-state index < -0.39 is 0 Å². The molecule has 0 radical (unpaired) electrons. The normalized spacial score (nSPS) is 13.5. The lowest BCUT2D eigenvalue weighted by Crippen LogP contribution is -2.28. The fourth-order valence-corrected chi connectivity index (χ4v) is 2.13. The summed E-state index contributed by atoms with van der Waals surface area (Å²) in [5.74, 6) is 0.748. The molecule has 1 N–H and O–H groups in total. The smallest absolute Gasteiger partial charge is 0.0940 e. The number of nitrogens with one attached hydrogen (secondary N) is 1. The molecule has 0 aliphatic rings. The summed E-state index contributed by atoms with van der Waals surface area (Å²) in [6, 6.07) is 0.575. The standard InChI is InChI=1S/C10H18N2S/c1-8(2)6-9(11-3)7-10-12-4-5-13-10/h4-5,8-9,11H,6-7H2,1-3H3. The molecule has 13 heavy (non-hydrogen) atoms. The van der Waals surface area contributed by atoms with Gasteiger partial charge < -0.3 is 5.32 Å². The second-order valence-corrected chi connectivity index (χ2v) is 4.72. The first-order valence-corrected chi connectivity index (χ1v) is 5.66. The third-order valence-electron chi connectivity index (χ3n) is 2.07. The van der Waals surface area contributed by atoms with Gasteiger partial charge in [-0.2, -0.15) is 0 Å². The quantitative estimate of drug-likeness (QED) is 0.785. The molecule has 1 aromatic heterocycles. The van der Waals surface area contributed by atoms with Crippen molar-refractivity contribution in [3.63, 3.8) is 0 Å². The van der Waals surface area contributed by atoms with Gasteiger partial charge in [-0.3, -0.25) is 0 Å². The van der Waals surface area contributed by atoms with Crippen LogP contribution in [0.3, 0.4) is 0 Å². The summed E-state index contributed by atoms with van der Waals surface area (Å²) in [6.07, 6.45) is 4.16. The highest BCUT2D eigenvalue weighted by molar-refractivity contribution is 7.09. The molecule has 0 aliphatic carbocycles. The Kier molecular flexibility index (Phi) is 4.39. The summed E-state index contributed by atoms with van der Waals surface area (Å²) in [5.41, 5.74) is 0. The fourth-order valence-electron chi connectivity index (χ4n) is 1.44. The number of hydrogen-bond acceptors (Lipinski definition) is 3. The summed E-state index contributed by atoms with van der Waals surface area (Å²) in [5, 5.41) is 6.61. The monoisotopic (exact) mass is 198 g/mol. The summed E-state index contributed by atoms with van der Waals surface area (Å²) >= 11 is 1.74. The predicted molar refractivity (Wildman–Crippen MR) is 58.1 cm³/mol. The van der Waals surface area contributed by atoms with E-state index in [4.69, 9.17) is 0 Å². The molecule has 0 saturated heterocycles. The molecule has 0 bridgehead atoms. The third-order valence-corrected chi connectivity index (χ3v) is 2.87. The number of thiazole rings is 1. The van der Waals surface area contributed by atoms with Crippen LogP contribution in [0.25, 0.3) is 0 Å². The van der Waals surface area contributed by atoms with E-state index in [0.717, 1.165) is 12.3 Å². The van der Waals surface area contributed by atoms with Crippen molar-refractivity contribution in [2.24, 2.45) is 5.92 Å². The topological polar surface area (TPSA) is 24.9 Å². The van der Waals surface area contributed by atoms with Crippen LogP contribution in [-0.2, 0) is 6.42 Å². The van der Waals surface area contributed by atoms with Crippen molar-refractivity contribution in [1.82, 2.24) is 10.3 Å². The lowest BCUT2D eigenvalue weighted by Gasteiger charge is -2.16. The molecule has 0 saturated carbocycles. The summed E-state index contributed by atoms with van der Waals surface area (Å²) in [4.78, 5) is 4.29.